The Morgan fingerprint density at radius 1 is 1.70 bits per heavy atom. The van der Waals surface area contributed by atoms with Crippen molar-refractivity contribution in [2.75, 3.05) is 0 Å². The first-order valence-electron chi connectivity index (χ1n) is 3.40. The Labute approximate surface area is 67.5 Å². The average Bonchev–Trinajstić information content (AvgIpc) is 2.59. The first kappa shape index (κ1) is 6.34. The predicted molar refractivity (Wildman–Crippen MR) is 40.4 cm³/mol. The summed E-state index contributed by atoms with van der Waals surface area (Å²) in [7, 11) is 0. The highest BCUT2D eigenvalue weighted by atomic mass is 79.9. The van der Waals surface area contributed by atoms with E-state index < -0.39 is 0 Å². The van der Waals surface area contributed by atoms with E-state index in [9.17, 15) is 0 Å². The average molecular weight is 202 g/mol. The fourth-order valence-corrected chi connectivity index (χ4v) is 1.17. The van der Waals surface area contributed by atoms with Crippen LogP contribution in [0, 0.1) is 5.92 Å². The van der Waals surface area contributed by atoms with E-state index in [1.807, 2.05) is 0 Å². The van der Waals surface area contributed by atoms with Crippen molar-refractivity contribution < 1.29 is 0 Å². The molecule has 4 heteroatoms. The molecule has 1 fully saturated rings. The van der Waals surface area contributed by atoms with Gasteiger partial charge in [0.1, 0.15) is 4.60 Å². The summed E-state index contributed by atoms with van der Waals surface area (Å²) < 4.78 is 0.827. The monoisotopic (exact) mass is 201 g/mol. The molecule has 54 valence electrons. The van der Waals surface area contributed by atoms with Gasteiger partial charge in [0.15, 0.2) is 0 Å². The van der Waals surface area contributed by atoms with Gasteiger partial charge in [-0.25, -0.2) is 0 Å². The summed E-state index contributed by atoms with van der Waals surface area (Å²) in [5, 5.41) is 8.17. The summed E-state index contributed by atoms with van der Waals surface area (Å²) in [5.41, 5.74) is 0. The SMILES string of the molecule is Brc1cnn(CC2CC2)n1. The smallest absolute Gasteiger partial charge is 0.148 e. The molecule has 0 N–H and O–H groups in total. The second kappa shape index (κ2) is 2.34. The maximum absolute atomic E-state index is 4.11. The van der Waals surface area contributed by atoms with E-state index in [2.05, 4.69) is 26.1 Å². The fourth-order valence-electron chi connectivity index (χ4n) is 0.896. The third-order valence-corrected chi connectivity index (χ3v) is 1.99. The van der Waals surface area contributed by atoms with Crippen molar-refractivity contribution >= 4 is 15.9 Å². The van der Waals surface area contributed by atoms with E-state index in [0.717, 1.165) is 17.1 Å². The zero-order valence-corrected chi connectivity index (χ0v) is 7.08. The van der Waals surface area contributed by atoms with Gasteiger partial charge in [-0.05, 0) is 34.7 Å². The Morgan fingerprint density at radius 3 is 3.00 bits per heavy atom. The lowest BCUT2D eigenvalue weighted by atomic mass is 10.4. The van der Waals surface area contributed by atoms with E-state index in [1.165, 1.54) is 12.8 Å². The molecule has 0 saturated heterocycles. The van der Waals surface area contributed by atoms with Crippen molar-refractivity contribution in [2.24, 2.45) is 5.92 Å². The van der Waals surface area contributed by atoms with E-state index in [4.69, 9.17) is 0 Å². The summed E-state index contributed by atoms with van der Waals surface area (Å²) in [5.74, 6) is 0.847. The molecule has 1 saturated carbocycles. The summed E-state index contributed by atoms with van der Waals surface area (Å²) in [4.78, 5) is 1.75. The number of hydrogen-bond acceptors (Lipinski definition) is 2. The summed E-state index contributed by atoms with van der Waals surface area (Å²) in [6.45, 7) is 0.992. The van der Waals surface area contributed by atoms with Crippen molar-refractivity contribution in [1.29, 1.82) is 0 Å². The van der Waals surface area contributed by atoms with E-state index >= 15 is 0 Å². The molecule has 0 spiro atoms. The summed E-state index contributed by atoms with van der Waals surface area (Å²) in [6.07, 6.45) is 4.42. The molecule has 0 atom stereocenters. The van der Waals surface area contributed by atoms with Crippen molar-refractivity contribution in [3.8, 4) is 0 Å². The number of nitrogens with zero attached hydrogens (tertiary/aromatic N) is 3. The normalized spacial score (nSPS) is 17.7. The van der Waals surface area contributed by atoms with E-state index in [0.29, 0.717) is 0 Å². The minimum absolute atomic E-state index is 0.827. The maximum Gasteiger partial charge on any atom is 0.148 e. The van der Waals surface area contributed by atoms with Crippen LogP contribution in [0.25, 0.3) is 0 Å². The maximum atomic E-state index is 4.11. The number of halogens is 1. The van der Waals surface area contributed by atoms with Gasteiger partial charge < -0.3 is 0 Å². The Kier molecular flexibility index (Phi) is 1.48. The molecule has 0 radical (unpaired) electrons. The summed E-state index contributed by atoms with van der Waals surface area (Å²) in [6, 6.07) is 0. The molecule has 0 aliphatic heterocycles. The minimum Gasteiger partial charge on any atom is -0.184 e. The quantitative estimate of drug-likeness (QED) is 0.726. The number of aromatic nitrogens is 3. The zero-order chi connectivity index (χ0) is 6.97. The minimum atomic E-state index is 0.827. The van der Waals surface area contributed by atoms with Gasteiger partial charge in [0.05, 0.1) is 12.7 Å². The fraction of sp³-hybridized carbons (Fsp3) is 0.667. The van der Waals surface area contributed by atoms with Gasteiger partial charge in [-0.2, -0.15) is 9.90 Å². The van der Waals surface area contributed by atoms with Crippen LogP contribution in [0.15, 0.2) is 10.8 Å². The number of rotatable bonds is 2. The lowest BCUT2D eigenvalue weighted by Crippen LogP contribution is -2.03. The van der Waals surface area contributed by atoms with E-state index in [1.54, 1.807) is 11.0 Å². The van der Waals surface area contributed by atoms with Crippen LogP contribution in [0.3, 0.4) is 0 Å². The Hall–Kier alpha value is -0.380. The Balaban J connectivity index is 2.03. The standard InChI is InChI=1S/C6H8BrN3/c7-6-3-8-10(9-6)4-5-1-2-5/h3,5H,1-2,4H2. The summed E-state index contributed by atoms with van der Waals surface area (Å²) >= 11 is 3.25. The van der Waals surface area contributed by atoms with Crippen molar-refractivity contribution in [1.82, 2.24) is 15.0 Å². The molecule has 1 aliphatic rings. The van der Waals surface area contributed by atoms with Crippen molar-refractivity contribution in [2.45, 2.75) is 19.4 Å². The molecule has 1 aromatic rings. The molecular formula is C6H8BrN3. The molecule has 0 amide bonds. The van der Waals surface area contributed by atoms with Gasteiger partial charge >= 0.3 is 0 Å². The van der Waals surface area contributed by atoms with Crippen LogP contribution in [-0.2, 0) is 6.54 Å². The molecular weight excluding hydrogens is 194 g/mol. The highest BCUT2D eigenvalue weighted by Crippen LogP contribution is 2.29. The third-order valence-electron chi connectivity index (χ3n) is 1.63. The highest BCUT2D eigenvalue weighted by Gasteiger charge is 2.22. The highest BCUT2D eigenvalue weighted by molar-refractivity contribution is 9.10. The van der Waals surface area contributed by atoms with Crippen LogP contribution in [0.5, 0.6) is 0 Å². The van der Waals surface area contributed by atoms with Gasteiger partial charge in [-0.15, -0.1) is 5.10 Å². The molecule has 3 nitrogen and oxygen atoms in total. The molecule has 2 rings (SSSR count). The van der Waals surface area contributed by atoms with Crippen LogP contribution < -0.4 is 0 Å². The second-order valence-corrected chi connectivity index (χ2v) is 3.48. The first-order chi connectivity index (χ1) is 4.84. The van der Waals surface area contributed by atoms with Crippen LogP contribution in [0.4, 0.5) is 0 Å². The molecule has 0 aromatic carbocycles. The molecule has 1 heterocycles. The van der Waals surface area contributed by atoms with Crippen LogP contribution in [0.1, 0.15) is 12.8 Å². The second-order valence-electron chi connectivity index (χ2n) is 2.67. The largest absolute Gasteiger partial charge is 0.184 e. The molecule has 10 heavy (non-hydrogen) atoms. The van der Waals surface area contributed by atoms with Gasteiger partial charge in [-0.3, -0.25) is 0 Å². The predicted octanol–water partition coefficient (Wildman–Crippen LogP) is 1.45. The van der Waals surface area contributed by atoms with Gasteiger partial charge in [-0.1, -0.05) is 0 Å². The van der Waals surface area contributed by atoms with Crippen LogP contribution >= 0.6 is 15.9 Å². The number of hydrogen-bond donors (Lipinski definition) is 0. The topological polar surface area (TPSA) is 30.7 Å². The third kappa shape index (κ3) is 1.37. The Morgan fingerprint density at radius 2 is 2.50 bits per heavy atom. The van der Waals surface area contributed by atoms with Gasteiger partial charge in [0.25, 0.3) is 0 Å². The van der Waals surface area contributed by atoms with Crippen molar-refractivity contribution in [3.05, 3.63) is 10.8 Å². The first-order valence-corrected chi connectivity index (χ1v) is 4.19. The lowest BCUT2D eigenvalue weighted by molar-refractivity contribution is 0.496. The van der Waals surface area contributed by atoms with Crippen LogP contribution in [0.2, 0.25) is 0 Å². The molecule has 1 aliphatic carbocycles. The lowest BCUT2D eigenvalue weighted by Gasteiger charge is -1.93. The van der Waals surface area contributed by atoms with E-state index in [-0.39, 0.29) is 0 Å². The van der Waals surface area contributed by atoms with Crippen LogP contribution in [-0.4, -0.2) is 15.0 Å². The molecule has 0 unspecified atom stereocenters. The van der Waals surface area contributed by atoms with Gasteiger partial charge in [0.2, 0.25) is 0 Å². The Bertz CT molecular complexity index is 229. The molecule has 0 bridgehead atoms. The zero-order valence-electron chi connectivity index (χ0n) is 5.50. The molecule has 1 aromatic heterocycles. The van der Waals surface area contributed by atoms with Gasteiger partial charge in [0, 0.05) is 0 Å². The van der Waals surface area contributed by atoms with Crippen molar-refractivity contribution in [3.63, 3.8) is 0 Å².